The van der Waals surface area contributed by atoms with E-state index >= 15 is 0 Å². The van der Waals surface area contributed by atoms with Gasteiger partial charge in [-0.15, -0.1) is 24.8 Å². The Morgan fingerprint density at radius 3 is 2.17 bits per heavy atom. The number of benzene rings is 1. The zero-order valence-corrected chi connectivity index (χ0v) is 14.7. The average Bonchev–Trinajstić information content (AvgIpc) is 2.94. The molecule has 0 aromatic heterocycles. The predicted molar refractivity (Wildman–Crippen MR) is 96.7 cm³/mol. The maximum atomic E-state index is 12.5. The van der Waals surface area contributed by atoms with Gasteiger partial charge >= 0.3 is 0 Å². The quantitative estimate of drug-likeness (QED) is 0.845. The van der Waals surface area contributed by atoms with Crippen LogP contribution in [-0.4, -0.2) is 48.1 Å². The molecule has 0 bridgehead atoms. The summed E-state index contributed by atoms with van der Waals surface area (Å²) >= 11 is 0. The van der Waals surface area contributed by atoms with Crippen LogP contribution >= 0.6 is 24.8 Å². The molecule has 1 saturated carbocycles. The van der Waals surface area contributed by atoms with Crippen LogP contribution in [0.15, 0.2) is 24.3 Å². The number of piperazine rings is 1. The van der Waals surface area contributed by atoms with Gasteiger partial charge in [0.05, 0.1) is 5.92 Å². The van der Waals surface area contributed by atoms with E-state index in [0.29, 0.717) is 0 Å². The van der Waals surface area contributed by atoms with E-state index in [1.54, 1.807) is 12.1 Å². The first kappa shape index (κ1) is 19.9. The van der Waals surface area contributed by atoms with Crippen LogP contribution in [0.4, 0.5) is 5.69 Å². The maximum Gasteiger partial charge on any atom is 0.227 e. The summed E-state index contributed by atoms with van der Waals surface area (Å²) in [6, 6.07) is 7.28. The van der Waals surface area contributed by atoms with Crippen molar-refractivity contribution in [2.75, 3.05) is 31.1 Å². The highest BCUT2D eigenvalue weighted by atomic mass is 35.5. The first-order valence-corrected chi connectivity index (χ1v) is 7.73. The number of phenols is 1. The number of hydrogen-bond acceptors (Lipinski definition) is 4. The smallest absolute Gasteiger partial charge is 0.227 e. The number of phenolic OH excluding ortho intramolecular Hbond substituents is 1. The highest BCUT2D eigenvalue weighted by Gasteiger charge is 2.34. The van der Waals surface area contributed by atoms with Gasteiger partial charge in [-0.25, -0.2) is 0 Å². The van der Waals surface area contributed by atoms with Gasteiger partial charge in [0, 0.05) is 37.9 Å². The van der Waals surface area contributed by atoms with Crippen molar-refractivity contribution in [2.45, 2.75) is 25.3 Å². The molecule has 2 fully saturated rings. The van der Waals surface area contributed by atoms with Crippen LogP contribution < -0.4 is 10.6 Å². The molecule has 1 saturated heterocycles. The van der Waals surface area contributed by atoms with E-state index in [9.17, 15) is 9.90 Å². The molecule has 0 radical (unpaired) electrons. The minimum absolute atomic E-state index is 0. The summed E-state index contributed by atoms with van der Waals surface area (Å²) in [5.74, 6) is 0.554. The molecule has 1 aliphatic carbocycles. The zero-order valence-electron chi connectivity index (χ0n) is 13.1. The van der Waals surface area contributed by atoms with Gasteiger partial charge in [-0.3, -0.25) is 4.79 Å². The third-order valence-corrected chi connectivity index (χ3v) is 4.69. The molecule has 2 aliphatic rings. The largest absolute Gasteiger partial charge is 0.508 e. The number of carbonyl (C=O) groups is 1. The standard InChI is InChI=1S/C16H23N3O2.2ClH/c17-15-3-1-2-14(15)16(21)19-10-8-18(9-11-19)12-4-6-13(20)7-5-12;;/h4-7,14-15,20H,1-3,8-11,17H2;2*1H. The molecule has 5 nitrogen and oxygen atoms in total. The Labute approximate surface area is 149 Å². The fraction of sp³-hybridized carbons (Fsp3) is 0.562. The summed E-state index contributed by atoms with van der Waals surface area (Å²) in [6.45, 7) is 3.17. The number of hydrogen-bond donors (Lipinski definition) is 2. The van der Waals surface area contributed by atoms with Gasteiger partial charge in [-0.1, -0.05) is 6.42 Å². The van der Waals surface area contributed by atoms with Crippen molar-refractivity contribution in [3.63, 3.8) is 0 Å². The van der Waals surface area contributed by atoms with E-state index in [1.807, 2.05) is 17.0 Å². The van der Waals surface area contributed by atoms with Crippen molar-refractivity contribution < 1.29 is 9.90 Å². The molecule has 7 heteroatoms. The van der Waals surface area contributed by atoms with Gasteiger partial charge in [-0.05, 0) is 37.1 Å². The molecule has 1 heterocycles. The Morgan fingerprint density at radius 2 is 1.65 bits per heavy atom. The van der Waals surface area contributed by atoms with Crippen LogP contribution in [0.3, 0.4) is 0 Å². The summed E-state index contributed by atoms with van der Waals surface area (Å²) in [7, 11) is 0. The Balaban J connectivity index is 0.00000132. The van der Waals surface area contributed by atoms with Crippen LogP contribution in [0.25, 0.3) is 0 Å². The Kier molecular flexibility index (Phi) is 7.45. The lowest BCUT2D eigenvalue weighted by Crippen LogP contribution is -2.52. The van der Waals surface area contributed by atoms with Crippen LogP contribution in [0.1, 0.15) is 19.3 Å². The summed E-state index contributed by atoms with van der Waals surface area (Å²) < 4.78 is 0. The molecular weight excluding hydrogens is 337 g/mol. The van der Waals surface area contributed by atoms with E-state index in [-0.39, 0.29) is 48.4 Å². The van der Waals surface area contributed by atoms with Crippen molar-refractivity contribution in [1.29, 1.82) is 0 Å². The van der Waals surface area contributed by atoms with Crippen molar-refractivity contribution in [3.05, 3.63) is 24.3 Å². The van der Waals surface area contributed by atoms with Crippen LogP contribution in [0.5, 0.6) is 5.75 Å². The summed E-state index contributed by atoms with van der Waals surface area (Å²) in [4.78, 5) is 16.7. The number of aromatic hydroxyl groups is 1. The average molecular weight is 362 g/mol. The second-order valence-corrected chi connectivity index (χ2v) is 6.03. The van der Waals surface area contributed by atoms with Gasteiger partial charge < -0.3 is 20.6 Å². The number of rotatable bonds is 2. The highest BCUT2D eigenvalue weighted by molar-refractivity contribution is 5.85. The predicted octanol–water partition coefficient (Wildman–Crippen LogP) is 2.01. The van der Waals surface area contributed by atoms with E-state index in [0.717, 1.165) is 51.1 Å². The van der Waals surface area contributed by atoms with Crippen molar-refractivity contribution in [3.8, 4) is 5.75 Å². The van der Waals surface area contributed by atoms with Crippen molar-refractivity contribution in [1.82, 2.24) is 4.90 Å². The van der Waals surface area contributed by atoms with Crippen molar-refractivity contribution >= 4 is 36.4 Å². The number of anilines is 1. The van der Waals surface area contributed by atoms with Gasteiger partial charge in [0.25, 0.3) is 0 Å². The van der Waals surface area contributed by atoms with Gasteiger partial charge in [0.15, 0.2) is 0 Å². The van der Waals surface area contributed by atoms with E-state index in [2.05, 4.69) is 4.90 Å². The lowest BCUT2D eigenvalue weighted by Gasteiger charge is -2.37. The van der Waals surface area contributed by atoms with Gasteiger partial charge in [0.2, 0.25) is 5.91 Å². The molecule has 2 unspecified atom stereocenters. The fourth-order valence-electron chi connectivity index (χ4n) is 3.38. The molecule has 1 amide bonds. The second-order valence-electron chi connectivity index (χ2n) is 6.03. The highest BCUT2D eigenvalue weighted by Crippen LogP contribution is 2.27. The molecule has 23 heavy (non-hydrogen) atoms. The number of amides is 1. The van der Waals surface area contributed by atoms with Crippen LogP contribution in [-0.2, 0) is 4.79 Å². The molecule has 1 aromatic carbocycles. The zero-order chi connectivity index (χ0) is 14.8. The summed E-state index contributed by atoms with van der Waals surface area (Å²) in [5.41, 5.74) is 7.13. The third kappa shape index (κ3) is 4.43. The second kappa shape index (κ2) is 8.62. The van der Waals surface area contributed by atoms with E-state index in [4.69, 9.17) is 5.73 Å². The first-order valence-electron chi connectivity index (χ1n) is 7.73. The molecular formula is C16H25Cl2N3O2. The lowest BCUT2D eigenvalue weighted by atomic mass is 10.0. The monoisotopic (exact) mass is 361 g/mol. The minimum atomic E-state index is 0. The Hall–Kier alpha value is -1.17. The van der Waals surface area contributed by atoms with E-state index in [1.165, 1.54) is 0 Å². The number of nitrogens with two attached hydrogens (primary N) is 1. The van der Waals surface area contributed by atoms with Crippen LogP contribution in [0, 0.1) is 5.92 Å². The molecule has 1 aliphatic heterocycles. The number of halogens is 2. The molecule has 130 valence electrons. The number of carbonyl (C=O) groups excluding carboxylic acids is 1. The van der Waals surface area contributed by atoms with E-state index < -0.39 is 0 Å². The third-order valence-electron chi connectivity index (χ3n) is 4.69. The Bertz CT molecular complexity index is 505. The van der Waals surface area contributed by atoms with Crippen LogP contribution in [0.2, 0.25) is 0 Å². The number of nitrogens with zero attached hydrogens (tertiary/aromatic N) is 2. The minimum Gasteiger partial charge on any atom is -0.508 e. The van der Waals surface area contributed by atoms with Gasteiger partial charge in [-0.2, -0.15) is 0 Å². The maximum absolute atomic E-state index is 12.5. The Morgan fingerprint density at radius 1 is 1.04 bits per heavy atom. The SMILES string of the molecule is Cl.Cl.NC1CCCC1C(=O)N1CCN(c2ccc(O)cc2)CC1. The molecule has 0 spiro atoms. The summed E-state index contributed by atoms with van der Waals surface area (Å²) in [6.07, 6.45) is 2.99. The summed E-state index contributed by atoms with van der Waals surface area (Å²) in [5, 5.41) is 9.33. The molecule has 3 rings (SSSR count). The first-order chi connectivity index (χ1) is 10.1. The lowest BCUT2D eigenvalue weighted by molar-refractivity contribution is -0.136. The fourth-order valence-corrected chi connectivity index (χ4v) is 3.38. The normalized spacial score (nSPS) is 23.9. The topological polar surface area (TPSA) is 69.8 Å². The van der Waals surface area contributed by atoms with Crippen molar-refractivity contribution in [2.24, 2.45) is 11.7 Å². The van der Waals surface area contributed by atoms with Gasteiger partial charge in [0.1, 0.15) is 5.75 Å². The molecule has 1 aromatic rings. The molecule has 3 N–H and O–H groups in total. The molecule has 2 atom stereocenters.